The lowest BCUT2D eigenvalue weighted by Crippen LogP contribution is -2.52. The van der Waals surface area contributed by atoms with Gasteiger partial charge in [0.15, 0.2) is 0 Å². The Bertz CT molecular complexity index is 1160. The lowest BCUT2D eigenvalue weighted by molar-refractivity contribution is -0.0533. The molecular weight excluding hydrogens is 478 g/mol. The molecule has 0 bridgehead atoms. The van der Waals surface area contributed by atoms with Crippen molar-refractivity contribution >= 4 is 10.2 Å². The average Bonchev–Trinajstić information content (AvgIpc) is 3.41. The number of nitrogens with zero attached hydrogens (tertiary/aromatic N) is 5. The average molecular weight is 511 g/mol. The molecule has 192 valence electrons. The van der Waals surface area contributed by atoms with Crippen molar-refractivity contribution in [2.45, 2.75) is 57.6 Å². The quantitative estimate of drug-likeness (QED) is 0.651. The van der Waals surface area contributed by atoms with Crippen molar-refractivity contribution in [3.8, 4) is 0 Å². The van der Waals surface area contributed by atoms with Crippen LogP contribution < -0.4 is 5.73 Å². The van der Waals surface area contributed by atoms with Gasteiger partial charge < -0.3 is 10.5 Å². The van der Waals surface area contributed by atoms with E-state index in [1.807, 2.05) is 0 Å². The van der Waals surface area contributed by atoms with E-state index in [9.17, 15) is 17.2 Å². The molecule has 3 atom stereocenters. The first kappa shape index (κ1) is 24.7. The highest BCUT2D eigenvalue weighted by atomic mass is 32.2. The predicted molar refractivity (Wildman–Crippen MR) is 126 cm³/mol. The topological polar surface area (TPSA) is 96.9 Å². The van der Waals surface area contributed by atoms with E-state index in [4.69, 9.17) is 10.5 Å². The first-order valence-electron chi connectivity index (χ1n) is 12.0. The summed E-state index contributed by atoms with van der Waals surface area (Å²) in [6.07, 6.45) is 1.44. The number of ether oxygens (including phenoxy) is 1. The summed E-state index contributed by atoms with van der Waals surface area (Å²) in [6, 6.07) is 3.16. The molecule has 2 aromatic rings. The van der Waals surface area contributed by atoms with Crippen LogP contribution in [0.3, 0.4) is 0 Å². The van der Waals surface area contributed by atoms with Gasteiger partial charge in [-0.15, -0.1) is 0 Å². The molecule has 2 saturated heterocycles. The smallest absolute Gasteiger partial charge is 0.323 e. The Hall–Kier alpha value is -1.96. The van der Waals surface area contributed by atoms with Gasteiger partial charge in [-0.1, -0.05) is 0 Å². The molecule has 4 heterocycles. The number of halogens is 2. The Kier molecular flexibility index (Phi) is 6.70. The molecule has 12 heteroatoms. The van der Waals surface area contributed by atoms with Gasteiger partial charge in [-0.25, -0.2) is 8.78 Å². The Balaban J connectivity index is 1.21. The summed E-state index contributed by atoms with van der Waals surface area (Å²) in [7, 11) is -3.70. The molecule has 5 rings (SSSR count). The van der Waals surface area contributed by atoms with Crippen molar-refractivity contribution in [1.82, 2.24) is 23.3 Å². The highest BCUT2D eigenvalue weighted by Gasteiger charge is 2.38. The lowest BCUT2D eigenvalue weighted by atomic mass is 9.93. The highest BCUT2D eigenvalue weighted by molar-refractivity contribution is 7.87. The summed E-state index contributed by atoms with van der Waals surface area (Å²) in [5.74, 6) is -1.06. The molecule has 0 saturated carbocycles. The molecule has 35 heavy (non-hydrogen) atoms. The summed E-state index contributed by atoms with van der Waals surface area (Å²) in [5, 5.41) is 4.41. The summed E-state index contributed by atoms with van der Waals surface area (Å²) < 4.78 is 62.6. The third-order valence-corrected chi connectivity index (χ3v) is 9.01. The molecule has 1 aromatic heterocycles. The second kappa shape index (κ2) is 9.49. The van der Waals surface area contributed by atoms with Crippen LogP contribution >= 0.6 is 0 Å². The van der Waals surface area contributed by atoms with E-state index < -0.39 is 34.0 Å². The second-order valence-electron chi connectivity index (χ2n) is 9.89. The van der Waals surface area contributed by atoms with Gasteiger partial charge in [0.1, 0.15) is 17.7 Å². The first-order valence-corrected chi connectivity index (χ1v) is 13.4. The Morgan fingerprint density at radius 3 is 2.54 bits per heavy atom. The van der Waals surface area contributed by atoms with Crippen LogP contribution in [-0.2, 0) is 28.0 Å². The van der Waals surface area contributed by atoms with Crippen molar-refractivity contribution in [1.29, 1.82) is 0 Å². The molecule has 9 nitrogen and oxygen atoms in total. The number of benzene rings is 1. The summed E-state index contributed by atoms with van der Waals surface area (Å²) >= 11 is 0. The maximum atomic E-state index is 14.2. The zero-order chi connectivity index (χ0) is 24.9. The van der Waals surface area contributed by atoms with Gasteiger partial charge >= 0.3 is 10.2 Å². The van der Waals surface area contributed by atoms with Gasteiger partial charge in [-0.3, -0.25) is 9.80 Å². The van der Waals surface area contributed by atoms with E-state index >= 15 is 0 Å². The minimum absolute atomic E-state index is 0.0266. The number of piperazine rings is 1. The van der Waals surface area contributed by atoms with Crippen LogP contribution in [0.1, 0.15) is 43.2 Å². The van der Waals surface area contributed by atoms with Crippen molar-refractivity contribution in [2.75, 3.05) is 32.8 Å². The fourth-order valence-electron chi connectivity index (χ4n) is 5.25. The first-order chi connectivity index (χ1) is 16.6. The van der Waals surface area contributed by atoms with Gasteiger partial charge in [0.05, 0.1) is 12.3 Å². The summed E-state index contributed by atoms with van der Waals surface area (Å²) in [5.41, 5.74) is 8.03. The minimum Gasteiger partial charge on any atom is -0.370 e. The van der Waals surface area contributed by atoms with Crippen LogP contribution in [0.2, 0.25) is 0 Å². The molecule has 3 aliphatic rings. The van der Waals surface area contributed by atoms with Crippen molar-refractivity contribution in [3.63, 3.8) is 0 Å². The molecule has 2 fully saturated rings. The molecule has 0 spiro atoms. The van der Waals surface area contributed by atoms with Crippen LogP contribution in [0.25, 0.3) is 0 Å². The zero-order valence-electron chi connectivity index (χ0n) is 20.0. The minimum atomic E-state index is -3.70. The number of rotatable bonds is 5. The van der Waals surface area contributed by atoms with Gasteiger partial charge in [0.2, 0.25) is 0 Å². The van der Waals surface area contributed by atoms with E-state index in [0.29, 0.717) is 58.3 Å². The van der Waals surface area contributed by atoms with Crippen LogP contribution in [0, 0.1) is 11.6 Å². The predicted octanol–water partition coefficient (Wildman–Crippen LogP) is 1.45. The van der Waals surface area contributed by atoms with Crippen molar-refractivity contribution in [3.05, 3.63) is 52.9 Å². The molecular formula is C23H32F2N6O3S. The van der Waals surface area contributed by atoms with Gasteiger partial charge in [-0.2, -0.15) is 21.9 Å². The van der Waals surface area contributed by atoms with Crippen LogP contribution in [-0.4, -0.2) is 82.6 Å². The zero-order valence-corrected chi connectivity index (χ0v) is 20.8. The monoisotopic (exact) mass is 510 g/mol. The van der Waals surface area contributed by atoms with Gasteiger partial charge in [0.25, 0.3) is 0 Å². The third kappa shape index (κ3) is 4.75. The number of hydrogen-bond donors (Lipinski definition) is 1. The van der Waals surface area contributed by atoms with Crippen molar-refractivity contribution < 1.29 is 21.9 Å². The fourth-order valence-corrected chi connectivity index (χ4v) is 6.57. The molecule has 2 N–H and O–H groups in total. The Morgan fingerprint density at radius 1 is 1.14 bits per heavy atom. The molecule has 0 aliphatic carbocycles. The SMILES string of the molecule is CC(C)N1CCN(S(=O)(=O)n2cc3c(n2)CN([C@H]2CO[C@H](c4cc(F)ccc4F)[C@@H](N)C2)C3)CC1. The molecule has 3 aliphatic heterocycles. The van der Waals surface area contributed by atoms with Crippen LogP contribution in [0.5, 0.6) is 0 Å². The van der Waals surface area contributed by atoms with Gasteiger partial charge in [0, 0.05) is 74.7 Å². The molecule has 0 radical (unpaired) electrons. The highest BCUT2D eigenvalue weighted by Crippen LogP contribution is 2.34. The van der Waals surface area contributed by atoms with Gasteiger partial charge in [-0.05, 0) is 38.5 Å². The normalized spacial score (nSPS) is 27.0. The number of hydrogen-bond acceptors (Lipinski definition) is 7. The van der Waals surface area contributed by atoms with E-state index in [-0.39, 0.29) is 11.6 Å². The largest absolute Gasteiger partial charge is 0.370 e. The number of fused-ring (bicyclic) bond motifs is 1. The summed E-state index contributed by atoms with van der Waals surface area (Å²) in [4.78, 5) is 4.41. The molecule has 0 unspecified atom stereocenters. The van der Waals surface area contributed by atoms with E-state index in [1.54, 1.807) is 6.20 Å². The third-order valence-electron chi connectivity index (χ3n) is 7.33. The second-order valence-corrected chi connectivity index (χ2v) is 11.7. The van der Waals surface area contributed by atoms with Crippen LogP contribution in [0.4, 0.5) is 8.78 Å². The lowest BCUT2D eigenvalue weighted by Gasteiger charge is -2.38. The van der Waals surface area contributed by atoms with E-state index in [0.717, 1.165) is 33.5 Å². The Morgan fingerprint density at radius 2 is 1.89 bits per heavy atom. The summed E-state index contributed by atoms with van der Waals surface area (Å²) in [6.45, 7) is 7.85. The van der Waals surface area contributed by atoms with Crippen molar-refractivity contribution in [2.24, 2.45) is 5.73 Å². The fraction of sp³-hybridized carbons (Fsp3) is 0.609. The maximum Gasteiger partial charge on any atom is 0.323 e. The number of aromatic nitrogens is 2. The Labute approximate surface area is 204 Å². The standard InChI is InChI=1S/C23H32F2N6O3S/c1-15(2)28-5-7-30(8-6-28)35(32,33)31-12-16-11-29(13-22(16)27-31)18-10-21(26)23(34-14-18)19-9-17(24)3-4-20(19)25/h3-4,9,12,15,18,21,23H,5-8,10-11,13-14,26H2,1-2H3/t18-,21+,23-/m1/s1. The molecule has 0 amide bonds. The van der Waals surface area contributed by atoms with E-state index in [1.165, 1.54) is 4.31 Å². The van der Waals surface area contributed by atoms with Crippen LogP contribution in [0.15, 0.2) is 24.4 Å². The van der Waals surface area contributed by atoms with E-state index in [2.05, 4.69) is 28.7 Å². The number of nitrogens with two attached hydrogens (primary N) is 1. The molecule has 1 aromatic carbocycles. The maximum absolute atomic E-state index is 14.2.